The van der Waals surface area contributed by atoms with Crippen LogP contribution in [0, 0.1) is 0 Å². The normalized spacial score (nSPS) is 11.3. The number of aryl methyl sites for hydroxylation is 2. The molecule has 5 nitrogen and oxygen atoms in total. The predicted molar refractivity (Wildman–Crippen MR) is 84.8 cm³/mol. The molecule has 2 aromatic rings. The Hall–Kier alpha value is -1.75. The molecule has 5 heteroatoms. The molecular formula is C16H25N5. The summed E-state index contributed by atoms with van der Waals surface area (Å²) in [7, 11) is 1.93. The maximum absolute atomic E-state index is 4.71. The molecule has 0 atom stereocenters. The third kappa shape index (κ3) is 3.29. The van der Waals surface area contributed by atoms with Crippen molar-refractivity contribution in [2.75, 3.05) is 7.05 Å². The average molecular weight is 287 g/mol. The second-order valence-corrected chi connectivity index (χ2v) is 5.49. The van der Waals surface area contributed by atoms with Crippen molar-refractivity contribution in [2.24, 2.45) is 0 Å². The Bertz CT molecular complexity index is 601. The van der Waals surface area contributed by atoms with Crippen LogP contribution in [0.1, 0.15) is 56.5 Å². The summed E-state index contributed by atoms with van der Waals surface area (Å²) in [4.78, 5) is 9.22. The highest BCUT2D eigenvalue weighted by atomic mass is 15.3. The van der Waals surface area contributed by atoms with Gasteiger partial charge in [-0.25, -0.2) is 14.6 Å². The molecule has 0 radical (unpaired) electrons. The van der Waals surface area contributed by atoms with Gasteiger partial charge in [0.2, 0.25) is 0 Å². The van der Waals surface area contributed by atoms with Crippen LogP contribution in [-0.2, 0) is 19.4 Å². The van der Waals surface area contributed by atoms with E-state index in [2.05, 4.69) is 44.1 Å². The molecule has 0 aromatic carbocycles. The minimum absolute atomic E-state index is 0.323. The maximum atomic E-state index is 4.71. The van der Waals surface area contributed by atoms with Crippen LogP contribution in [0.25, 0.3) is 5.69 Å². The zero-order chi connectivity index (χ0) is 15.4. The van der Waals surface area contributed by atoms with Crippen LogP contribution in [0.15, 0.2) is 12.3 Å². The SMILES string of the molecule is CCc1cc(CC)n(-c2cnc(C(C)C)nc2CNC)n1. The lowest BCUT2D eigenvalue weighted by atomic mass is 10.2. The molecule has 0 amide bonds. The quantitative estimate of drug-likeness (QED) is 0.887. The van der Waals surface area contributed by atoms with Crippen molar-refractivity contribution in [3.63, 3.8) is 0 Å². The Morgan fingerprint density at radius 1 is 1.24 bits per heavy atom. The molecule has 0 aliphatic heterocycles. The zero-order valence-electron chi connectivity index (χ0n) is 13.6. The minimum Gasteiger partial charge on any atom is -0.314 e. The molecule has 0 unspecified atom stereocenters. The highest BCUT2D eigenvalue weighted by Crippen LogP contribution is 2.18. The van der Waals surface area contributed by atoms with Crippen LogP contribution < -0.4 is 5.32 Å². The summed E-state index contributed by atoms with van der Waals surface area (Å²) in [6, 6.07) is 2.17. The highest BCUT2D eigenvalue weighted by Gasteiger charge is 2.14. The molecular weight excluding hydrogens is 262 g/mol. The van der Waals surface area contributed by atoms with E-state index < -0.39 is 0 Å². The van der Waals surface area contributed by atoms with E-state index in [1.165, 1.54) is 5.69 Å². The smallest absolute Gasteiger partial charge is 0.131 e. The molecule has 2 aromatic heterocycles. The molecule has 2 heterocycles. The molecule has 21 heavy (non-hydrogen) atoms. The van der Waals surface area contributed by atoms with Gasteiger partial charge in [-0.2, -0.15) is 5.10 Å². The van der Waals surface area contributed by atoms with Crippen LogP contribution in [0.3, 0.4) is 0 Å². The summed E-state index contributed by atoms with van der Waals surface area (Å²) in [6.07, 6.45) is 3.78. The predicted octanol–water partition coefficient (Wildman–Crippen LogP) is 2.63. The van der Waals surface area contributed by atoms with E-state index in [9.17, 15) is 0 Å². The van der Waals surface area contributed by atoms with E-state index in [4.69, 9.17) is 10.1 Å². The fraction of sp³-hybridized carbons (Fsp3) is 0.562. The van der Waals surface area contributed by atoms with Gasteiger partial charge in [0.05, 0.1) is 17.6 Å². The molecule has 0 fully saturated rings. The highest BCUT2D eigenvalue weighted by molar-refractivity contribution is 5.36. The van der Waals surface area contributed by atoms with Gasteiger partial charge in [-0.15, -0.1) is 0 Å². The van der Waals surface area contributed by atoms with Gasteiger partial charge >= 0.3 is 0 Å². The summed E-state index contributed by atoms with van der Waals surface area (Å²) >= 11 is 0. The first kappa shape index (κ1) is 15.6. The zero-order valence-corrected chi connectivity index (χ0v) is 13.6. The summed E-state index contributed by atoms with van der Waals surface area (Å²) in [5.41, 5.74) is 4.28. The number of aromatic nitrogens is 4. The van der Waals surface area contributed by atoms with Crippen molar-refractivity contribution < 1.29 is 0 Å². The van der Waals surface area contributed by atoms with Gasteiger partial charge in [0.15, 0.2) is 0 Å². The van der Waals surface area contributed by atoms with Crippen LogP contribution in [-0.4, -0.2) is 26.8 Å². The summed E-state index contributed by atoms with van der Waals surface area (Å²) in [6.45, 7) is 9.20. The van der Waals surface area contributed by atoms with Crippen molar-refractivity contribution in [1.29, 1.82) is 0 Å². The number of nitrogens with zero attached hydrogens (tertiary/aromatic N) is 4. The van der Waals surface area contributed by atoms with E-state index in [-0.39, 0.29) is 0 Å². The fourth-order valence-corrected chi connectivity index (χ4v) is 2.29. The second-order valence-electron chi connectivity index (χ2n) is 5.49. The minimum atomic E-state index is 0.323. The monoisotopic (exact) mass is 287 g/mol. The third-order valence-corrected chi connectivity index (χ3v) is 3.51. The lowest BCUT2D eigenvalue weighted by Gasteiger charge is -2.13. The maximum Gasteiger partial charge on any atom is 0.131 e. The summed E-state index contributed by atoms with van der Waals surface area (Å²) in [5, 5.41) is 7.88. The van der Waals surface area contributed by atoms with Crippen LogP contribution in [0.5, 0.6) is 0 Å². The second kappa shape index (κ2) is 6.80. The van der Waals surface area contributed by atoms with Crippen LogP contribution in [0.2, 0.25) is 0 Å². The topological polar surface area (TPSA) is 55.6 Å². The lowest BCUT2D eigenvalue weighted by Crippen LogP contribution is -2.15. The van der Waals surface area contributed by atoms with Crippen molar-refractivity contribution in [2.45, 2.75) is 53.0 Å². The molecule has 0 spiro atoms. The van der Waals surface area contributed by atoms with E-state index in [1.54, 1.807) is 0 Å². The number of hydrogen-bond donors (Lipinski definition) is 1. The number of hydrogen-bond acceptors (Lipinski definition) is 4. The summed E-state index contributed by atoms with van der Waals surface area (Å²) < 4.78 is 2.00. The van der Waals surface area contributed by atoms with E-state index in [1.807, 2.05) is 17.9 Å². The van der Waals surface area contributed by atoms with Gasteiger partial charge < -0.3 is 5.32 Å². The van der Waals surface area contributed by atoms with Crippen molar-refractivity contribution in [3.05, 3.63) is 35.2 Å². The fourth-order valence-electron chi connectivity index (χ4n) is 2.29. The Balaban J connectivity index is 2.54. The van der Waals surface area contributed by atoms with E-state index in [0.717, 1.165) is 35.7 Å². The Morgan fingerprint density at radius 3 is 2.57 bits per heavy atom. The number of rotatable bonds is 6. The van der Waals surface area contributed by atoms with Crippen molar-refractivity contribution >= 4 is 0 Å². The molecule has 0 aliphatic rings. The van der Waals surface area contributed by atoms with Crippen LogP contribution in [0.4, 0.5) is 0 Å². The lowest BCUT2D eigenvalue weighted by molar-refractivity contribution is 0.696. The molecule has 0 bridgehead atoms. The summed E-state index contributed by atoms with van der Waals surface area (Å²) in [5.74, 6) is 1.20. The van der Waals surface area contributed by atoms with Crippen LogP contribution >= 0.6 is 0 Å². The Kier molecular flexibility index (Phi) is 5.07. The average Bonchev–Trinajstić information content (AvgIpc) is 2.90. The third-order valence-electron chi connectivity index (χ3n) is 3.51. The molecule has 114 valence electrons. The van der Waals surface area contributed by atoms with Gasteiger partial charge in [-0.3, -0.25) is 0 Å². The molecule has 0 saturated heterocycles. The first-order chi connectivity index (χ1) is 10.1. The standard InChI is InChI=1S/C16H25N5/c1-6-12-8-13(7-2)21(20-12)15-10-18-16(11(3)4)19-14(15)9-17-5/h8,10-11,17H,6-7,9H2,1-5H3. The molecule has 0 saturated carbocycles. The van der Waals surface area contributed by atoms with Gasteiger partial charge in [-0.05, 0) is 26.0 Å². The largest absolute Gasteiger partial charge is 0.314 e. The van der Waals surface area contributed by atoms with Crippen molar-refractivity contribution in [3.8, 4) is 5.69 Å². The molecule has 1 N–H and O–H groups in total. The number of nitrogens with one attached hydrogen (secondary N) is 1. The van der Waals surface area contributed by atoms with E-state index in [0.29, 0.717) is 12.5 Å². The first-order valence-corrected chi connectivity index (χ1v) is 7.69. The first-order valence-electron chi connectivity index (χ1n) is 7.69. The van der Waals surface area contributed by atoms with E-state index >= 15 is 0 Å². The molecule has 2 rings (SSSR count). The Labute approximate surface area is 126 Å². The van der Waals surface area contributed by atoms with Gasteiger partial charge in [0, 0.05) is 18.2 Å². The van der Waals surface area contributed by atoms with Crippen molar-refractivity contribution in [1.82, 2.24) is 25.1 Å². The van der Waals surface area contributed by atoms with Gasteiger partial charge in [0.25, 0.3) is 0 Å². The van der Waals surface area contributed by atoms with Gasteiger partial charge in [-0.1, -0.05) is 27.7 Å². The van der Waals surface area contributed by atoms with Gasteiger partial charge in [0.1, 0.15) is 11.5 Å². The molecule has 0 aliphatic carbocycles. The Morgan fingerprint density at radius 2 is 2.00 bits per heavy atom.